The number of hydrogen-bond acceptors (Lipinski definition) is 3. The molecule has 0 saturated carbocycles. The van der Waals surface area contributed by atoms with Crippen molar-refractivity contribution in [2.24, 2.45) is 0 Å². The van der Waals surface area contributed by atoms with Crippen LogP contribution in [0.25, 0.3) is 11.0 Å². The maximum absolute atomic E-state index is 12.4. The highest BCUT2D eigenvalue weighted by Gasteiger charge is 2.22. The second-order valence-corrected chi connectivity index (χ2v) is 5.95. The van der Waals surface area contributed by atoms with Crippen molar-refractivity contribution in [1.29, 1.82) is 0 Å². The molecular weight excluding hydrogens is 280 g/mol. The maximum atomic E-state index is 12.4. The molecule has 3 N–H and O–H groups in total. The number of benzene rings is 1. The molecule has 118 valence electrons. The van der Waals surface area contributed by atoms with E-state index in [0.717, 1.165) is 31.4 Å². The highest BCUT2D eigenvalue weighted by atomic mass is 16.2. The Morgan fingerprint density at radius 3 is 2.55 bits per heavy atom. The first-order chi connectivity index (χ1) is 10.6. The Bertz CT molecular complexity index is 710. The van der Waals surface area contributed by atoms with E-state index in [2.05, 4.69) is 20.2 Å². The highest BCUT2D eigenvalue weighted by Crippen LogP contribution is 2.17. The van der Waals surface area contributed by atoms with E-state index in [0.29, 0.717) is 11.2 Å². The molecule has 1 atom stereocenters. The predicted octanol–water partition coefficient (Wildman–Crippen LogP) is 2.06. The first-order valence-corrected chi connectivity index (χ1v) is 7.90. The van der Waals surface area contributed by atoms with Crippen LogP contribution < -0.4 is 11.0 Å². The molecule has 0 aliphatic carbocycles. The highest BCUT2D eigenvalue weighted by molar-refractivity contribution is 5.96. The van der Waals surface area contributed by atoms with Crippen LogP contribution in [0.1, 0.15) is 32.6 Å². The van der Waals surface area contributed by atoms with Gasteiger partial charge in [0.25, 0.3) is 0 Å². The number of likely N-dealkylation sites (tertiary alicyclic amines) is 1. The number of fused-ring (bicyclic) bond motifs is 1. The minimum absolute atomic E-state index is 0.000803. The van der Waals surface area contributed by atoms with Crippen LogP contribution in [0, 0.1) is 0 Å². The van der Waals surface area contributed by atoms with Crippen LogP contribution in [-0.4, -0.2) is 39.9 Å². The molecule has 0 spiro atoms. The summed E-state index contributed by atoms with van der Waals surface area (Å²) in [4.78, 5) is 31.3. The molecule has 0 bridgehead atoms. The van der Waals surface area contributed by atoms with E-state index in [9.17, 15) is 9.59 Å². The van der Waals surface area contributed by atoms with E-state index in [-0.39, 0.29) is 17.6 Å². The van der Waals surface area contributed by atoms with Gasteiger partial charge in [-0.2, -0.15) is 0 Å². The molecule has 1 aromatic carbocycles. The summed E-state index contributed by atoms with van der Waals surface area (Å²) in [5.74, 6) is -0.000803. The van der Waals surface area contributed by atoms with Crippen molar-refractivity contribution in [2.75, 3.05) is 18.4 Å². The van der Waals surface area contributed by atoms with Crippen molar-refractivity contribution in [3.05, 3.63) is 28.7 Å². The summed E-state index contributed by atoms with van der Waals surface area (Å²) in [6.45, 7) is 3.93. The molecule has 22 heavy (non-hydrogen) atoms. The summed E-state index contributed by atoms with van der Waals surface area (Å²) in [6.07, 6.45) is 4.83. The molecule has 1 amide bonds. The molecule has 1 fully saturated rings. The number of H-pyrrole nitrogens is 2. The normalized spacial score (nSPS) is 18.0. The van der Waals surface area contributed by atoms with Gasteiger partial charge in [-0.1, -0.05) is 12.8 Å². The molecule has 0 radical (unpaired) electrons. The van der Waals surface area contributed by atoms with Gasteiger partial charge in [0.1, 0.15) is 0 Å². The first kappa shape index (κ1) is 14.8. The zero-order chi connectivity index (χ0) is 15.5. The Balaban J connectivity index is 1.69. The largest absolute Gasteiger partial charge is 0.325 e. The minimum atomic E-state index is -0.239. The van der Waals surface area contributed by atoms with Crippen molar-refractivity contribution >= 4 is 22.6 Å². The second kappa shape index (κ2) is 6.36. The van der Waals surface area contributed by atoms with Crippen LogP contribution in [-0.2, 0) is 4.79 Å². The van der Waals surface area contributed by atoms with E-state index >= 15 is 0 Å². The second-order valence-electron chi connectivity index (χ2n) is 5.95. The minimum Gasteiger partial charge on any atom is -0.325 e. The van der Waals surface area contributed by atoms with Gasteiger partial charge in [0.05, 0.1) is 17.1 Å². The zero-order valence-corrected chi connectivity index (χ0v) is 12.8. The third-order valence-corrected chi connectivity index (χ3v) is 4.35. The standard InChI is InChI=1S/C16H22N4O2/c1-11(20-8-4-2-3-5-9-20)15(21)17-12-6-7-13-14(10-12)19-16(22)18-13/h6-7,10-11H,2-5,8-9H2,1H3,(H,17,21)(H2,18,19,22)/t11-/m1/s1. The number of carbonyl (C=O) groups excluding carboxylic acids is 1. The lowest BCUT2D eigenvalue weighted by Gasteiger charge is -2.26. The molecule has 6 nitrogen and oxygen atoms in total. The fraction of sp³-hybridized carbons (Fsp3) is 0.500. The van der Waals surface area contributed by atoms with Gasteiger partial charge in [0.15, 0.2) is 0 Å². The predicted molar refractivity (Wildman–Crippen MR) is 87.1 cm³/mol. The Morgan fingerprint density at radius 1 is 1.14 bits per heavy atom. The van der Waals surface area contributed by atoms with Gasteiger partial charge in [-0.15, -0.1) is 0 Å². The van der Waals surface area contributed by atoms with Gasteiger partial charge in [0, 0.05) is 5.69 Å². The lowest BCUT2D eigenvalue weighted by Crippen LogP contribution is -2.42. The van der Waals surface area contributed by atoms with Crippen molar-refractivity contribution < 1.29 is 4.79 Å². The van der Waals surface area contributed by atoms with Crippen LogP contribution in [0.4, 0.5) is 5.69 Å². The van der Waals surface area contributed by atoms with E-state index in [1.165, 1.54) is 12.8 Å². The van der Waals surface area contributed by atoms with Gasteiger partial charge < -0.3 is 15.3 Å². The number of hydrogen-bond donors (Lipinski definition) is 3. The summed E-state index contributed by atoms with van der Waals surface area (Å²) < 4.78 is 0. The molecule has 1 aliphatic rings. The molecule has 1 saturated heterocycles. The summed E-state index contributed by atoms with van der Waals surface area (Å²) in [7, 11) is 0. The van der Waals surface area contributed by atoms with Crippen LogP contribution in [0.3, 0.4) is 0 Å². The fourth-order valence-electron chi connectivity index (χ4n) is 3.01. The van der Waals surface area contributed by atoms with Gasteiger partial charge in [-0.05, 0) is 51.1 Å². The van der Waals surface area contributed by atoms with Crippen LogP contribution >= 0.6 is 0 Å². The average molecular weight is 302 g/mol. The SMILES string of the molecule is C[C@H](C(=O)Nc1ccc2[nH]c(=O)[nH]c2c1)N1CCCCCC1. The molecule has 1 aromatic heterocycles. The topological polar surface area (TPSA) is 81.0 Å². The Labute approximate surface area is 128 Å². The summed E-state index contributed by atoms with van der Waals surface area (Å²) >= 11 is 0. The monoisotopic (exact) mass is 302 g/mol. The third-order valence-electron chi connectivity index (χ3n) is 4.35. The molecule has 2 heterocycles. The van der Waals surface area contributed by atoms with Gasteiger partial charge in [0.2, 0.25) is 5.91 Å². The number of imidazole rings is 1. The lowest BCUT2D eigenvalue weighted by molar-refractivity contribution is -0.120. The van der Waals surface area contributed by atoms with Crippen molar-refractivity contribution in [3.8, 4) is 0 Å². The first-order valence-electron chi connectivity index (χ1n) is 7.90. The molecular formula is C16H22N4O2. The molecule has 3 rings (SSSR count). The fourth-order valence-corrected chi connectivity index (χ4v) is 3.01. The van der Waals surface area contributed by atoms with Crippen molar-refractivity contribution in [2.45, 2.75) is 38.6 Å². The van der Waals surface area contributed by atoms with E-state index in [4.69, 9.17) is 0 Å². The van der Waals surface area contributed by atoms with Crippen molar-refractivity contribution in [1.82, 2.24) is 14.9 Å². The van der Waals surface area contributed by atoms with Gasteiger partial charge in [-0.3, -0.25) is 9.69 Å². The van der Waals surface area contributed by atoms with Crippen LogP contribution in [0.15, 0.2) is 23.0 Å². The quantitative estimate of drug-likeness (QED) is 0.812. The molecule has 2 aromatic rings. The van der Waals surface area contributed by atoms with Crippen LogP contribution in [0.5, 0.6) is 0 Å². The van der Waals surface area contributed by atoms with E-state index < -0.39 is 0 Å². The number of aromatic nitrogens is 2. The maximum Gasteiger partial charge on any atom is 0.323 e. The van der Waals surface area contributed by atoms with Crippen molar-refractivity contribution in [3.63, 3.8) is 0 Å². The average Bonchev–Trinajstić information content (AvgIpc) is 2.71. The number of rotatable bonds is 3. The molecule has 0 unspecified atom stereocenters. The summed E-state index contributed by atoms with van der Waals surface area (Å²) in [5, 5.41) is 2.94. The number of nitrogens with one attached hydrogen (secondary N) is 3. The van der Waals surface area contributed by atoms with Gasteiger partial charge >= 0.3 is 5.69 Å². The zero-order valence-electron chi connectivity index (χ0n) is 12.8. The van der Waals surface area contributed by atoms with Crippen LogP contribution in [0.2, 0.25) is 0 Å². The van der Waals surface area contributed by atoms with Gasteiger partial charge in [-0.25, -0.2) is 4.79 Å². The van der Waals surface area contributed by atoms with E-state index in [1.54, 1.807) is 18.2 Å². The number of nitrogens with zero attached hydrogens (tertiary/aromatic N) is 1. The number of aromatic amines is 2. The molecule has 6 heteroatoms. The smallest absolute Gasteiger partial charge is 0.323 e. The summed E-state index contributed by atoms with van der Waals surface area (Å²) in [5.41, 5.74) is 1.90. The lowest BCUT2D eigenvalue weighted by atomic mass is 10.2. The van der Waals surface area contributed by atoms with E-state index in [1.807, 2.05) is 6.92 Å². The molecule has 1 aliphatic heterocycles. The summed E-state index contributed by atoms with van der Waals surface area (Å²) in [6, 6.07) is 5.23. The number of carbonyl (C=O) groups is 1. The Kier molecular flexibility index (Phi) is 4.29. The Morgan fingerprint density at radius 2 is 1.82 bits per heavy atom. The number of amides is 1. The number of anilines is 1. The Hall–Kier alpha value is -2.08. The third kappa shape index (κ3) is 3.22.